The molecule has 30 heavy (non-hydrogen) atoms. The first-order valence-electron chi connectivity index (χ1n) is 10.1. The molecule has 0 saturated carbocycles. The number of nitrogens with two attached hydrogens (primary N) is 2. The number of hydrogen-bond acceptors (Lipinski definition) is 6. The normalized spacial score (nSPS) is 19.7. The third-order valence-electron chi connectivity index (χ3n) is 5.34. The molecule has 1 aliphatic heterocycles. The molecule has 1 amide bonds. The number of hydrazone groups is 1. The Hall–Kier alpha value is -3.13. The van der Waals surface area contributed by atoms with Crippen molar-refractivity contribution in [2.24, 2.45) is 21.6 Å². The van der Waals surface area contributed by atoms with Gasteiger partial charge in [-0.05, 0) is 59.3 Å². The second-order valence-corrected chi connectivity index (χ2v) is 7.89. The van der Waals surface area contributed by atoms with Crippen molar-refractivity contribution in [3.63, 3.8) is 0 Å². The summed E-state index contributed by atoms with van der Waals surface area (Å²) in [6.07, 6.45) is 2.48. The summed E-state index contributed by atoms with van der Waals surface area (Å²) in [5, 5.41) is 4.94. The fourth-order valence-electron chi connectivity index (χ4n) is 3.89. The average Bonchev–Trinajstić information content (AvgIpc) is 3.01. The van der Waals surface area contributed by atoms with Gasteiger partial charge in [0.25, 0.3) is 0 Å². The molecule has 160 valence electrons. The highest BCUT2D eigenvalue weighted by molar-refractivity contribution is 6.29. The molecule has 8 heteroatoms. The van der Waals surface area contributed by atoms with E-state index in [4.69, 9.17) is 20.9 Å². The van der Waals surface area contributed by atoms with Crippen LogP contribution in [0, 0.1) is 13.8 Å². The molecule has 1 atom stereocenters. The summed E-state index contributed by atoms with van der Waals surface area (Å²) in [5.41, 5.74) is 19.0. The van der Waals surface area contributed by atoms with Crippen LogP contribution < -0.4 is 16.9 Å². The van der Waals surface area contributed by atoms with Crippen molar-refractivity contribution in [3.8, 4) is 0 Å². The Labute approximate surface area is 176 Å². The van der Waals surface area contributed by atoms with Crippen LogP contribution in [-0.2, 0) is 4.79 Å². The molecule has 8 nitrogen and oxygen atoms in total. The molecule has 0 bridgehead atoms. The highest BCUT2D eigenvalue weighted by Gasteiger charge is 2.26. The monoisotopic (exact) mass is 410 g/mol. The largest absolute Gasteiger partial charge is 0.454 e. The van der Waals surface area contributed by atoms with Crippen molar-refractivity contribution in [2.45, 2.75) is 39.7 Å². The molecule has 2 heterocycles. The lowest BCUT2D eigenvalue weighted by atomic mass is 9.99. The van der Waals surface area contributed by atoms with Crippen LogP contribution in [0.15, 0.2) is 44.0 Å². The van der Waals surface area contributed by atoms with Gasteiger partial charge >= 0.3 is 0 Å². The maximum atomic E-state index is 10.7. The summed E-state index contributed by atoms with van der Waals surface area (Å²) in [5.74, 6) is 0.703. The van der Waals surface area contributed by atoms with Crippen molar-refractivity contribution in [3.05, 3.63) is 46.4 Å². The van der Waals surface area contributed by atoms with E-state index in [0.29, 0.717) is 29.2 Å². The Kier molecular flexibility index (Phi) is 6.56. The first kappa shape index (κ1) is 21.6. The molecule has 0 aliphatic carbocycles. The van der Waals surface area contributed by atoms with Crippen molar-refractivity contribution in [1.82, 2.24) is 10.3 Å². The lowest BCUT2D eigenvalue weighted by Crippen LogP contribution is -2.36. The first-order chi connectivity index (χ1) is 14.3. The van der Waals surface area contributed by atoms with Crippen LogP contribution in [0.1, 0.15) is 36.7 Å². The summed E-state index contributed by atoms with van der Waals surface area (Å²) < 4.78 is 6.24. The number of furan rings is 1. The Morgan fingerprint density at radius 2 is 2.10 bits per heavy atom. The minimum absolute atomic E-state index is 0.0780. The minimum atomic E-state index is 0.0780. The Balaban J connectivity index is 2.21. The van der Waals surface area contributed by atoms with Gasteiger partial charge in [-0.3, -0.25) is 9.79 Å². The van der Waals surface area contributed by atoms with Crippen LogP contribution in [0.25, 0.3) is 11.0 Å². The number of benzene rings is 1. The predicted octanol–water partition coefficient (Wildman–Crippen LogP) is 2.18. The van der Waals surface area contributed by atoms with Crippen LogP contribution in [0.3, 0.4) is 0 Å². The van der Waals surface area contributed by atoms with E-state index in [1.165, 1.54) is 0 Å². The number of nitrogens with zero attached hydrogens (tertiary/aromatic N) is 3. The lowest BCUT2D eigenvalue weighted by Gasteiger charge is -2.28. The van der Waals surface area contributed by atoms with E-state index >= 15 is 0 Å². The number of piperidine rings is 1. The van der Waals surface area contributed by atoms with Crippen molar-refractivity contribution >= 4 is 28.9 Å². The van der Waals surface area contributed by atoms with Crippen molar-refractivity contribution < 1.29 is 9.21 Å². The quantitative estimate of drug-likeness (QED) is 0.292. The summed E-state index contributed by atoms with van der Waals surface area (Å²) >= 11 is 0. The van der Waals surface area contributed by atoms with Crippen LogP contribution in [0.2, 0.25) is 0 Å². The number of likely N-dealkylation sites (tertiary alicyclic amines) is 1. The fourth-order valence-corrected chi connectivity index (χ4v) is 3.89. The zero-order chi connectivity index (χ0) is 21.8. The van der Waals surface area contributed by atoms with Crippen LogP contribution >= 0.6 is 0 Å². The molecule has 1 saturated heterocycles. The number of fused-ring (bicyclic) bond motifs is 1. The van der Waals surface area contributed by atoms with Gasteiger partial charge in [-0.25, -0.2) is 5.43 Å². The lowest BCUT2D eigenvalue weighted by molar-refractivity contribution is -0.109. The van der Waals surface area contributed by atoms with Gasteiger partial charge in [0.1, 0.15) is 11.3 Å². The highest BCUT2D eigenvalue weighted by atomic mass is 16.3. The van der Waals surface area contributed by atoms with Crippen LogP contribution in [-0.4, -0.2) is 49.0 Å². The molecular weight excluding hydrogens is 380 g/mol. The molecule has 1 aliphatic rings. The molecule has 1 fully saturated rings. The van der Waals surface area contributed by atoms with E-state index in [1.807, 2.05) is 26.0 Å². The zero-order valence-electron chi connectivity index (χ0n) is 18.0. The molecule has 1 unspecified atom stereocenters. The van der Waals surface area contributed by atoms with Crippen LogP contribution in [0.5, 0.6) is 0 Å². The molecule has 0 radical (unpaired) electrons. The second kappa shape index (κ2) is 9.13. The summed E-state index contributed by atoms with van der Waals surface area (Å²) in [7, 11) is 2.09. The SMILES string of the molecule is CC(N)=C(C(=NC1CCCN(C)C1)c1oc2ccc(C)cc2c1C)/C(N)=N\NC=O. The summed E-state index contributed by atoms with van der Waals surface area (Å²) in [4.78, 5) is 18.0. The fraction of sp³-hybridized carbons (Fsp3) is 0.409. The minimum Gasteiger partial charge on any atom is -0.454 e. The van der Waals surface area contributed by atoms with Gasteiger partial charge in [0.15, 0.2) is 11.6 Å². The molecule has 0 spiro atoms. The van der Waals surface area contributed by atoms with Gasteiger partial charge in [-0.15, -0.1) is 0 Å². The Bertz CT molecular complexity index is 1030. The van der Waals surface area contributed by atoms with E-state index in [9.17, 15) is 4.79 Å². The van der Waals surface area contributed by atoms with Gasteiger partial charge in [-0.2, -0.15) is 5.10 Å². The third-order valence-corrected chi connectivity index (χ3v) is 5.34. The summed E-state index contributed by atoms with van der Waals surface area (Å²) in [6, 6.07) is 6.14. The average molecular weight is 411 g/mol. The van der Waals surface area contributed by atoms with Gasteiger partial charge in [0.2, 0.25) is 6.41 Å². The highest BCUT2D eigenvalue weighted by Crippen LogP contribution is 2.29. The number of carbonyl (C=O) groups is 1. The number of allylic oxidation sites excluding steroid dienone is 1. The first-order valence-corrected chi connectivity index (χ1v) is 10.1. The Morgan fingerprint density at radius 1 is 1.33 bits per heavy atom. The number of rotatable bonds is 6. The number of likely N-dealkylation sites (N-methyl/N-ethyl adjacent to an activating group) is 1. The predicted molar refractivity (Wildman–Crippen MR) is 120 cm³/mol. The molecule has 3 rings (SSSR count). The Morgan fingerprint density at radius 3 is 2.77 bits per heavy atom. The topological polar surface area (TPSA) is 122 Å². The number of aryl methyl sites for hydroxylation is 2. The number of amides is 1. The molecule has 1 aromatic heterocycles. The van der Waals surface area contributed by atoms with E-state index in [0.717, 1.165) is 48.0 Å². The number of carbonyl (C=O) groups excluding carboxylic acids is 1. The number of aliphatic imine (C=N–C) groups is 1. The van der Waals surface area contributed by atoms with Crippen molar-refractivity contribution in [1.29, 1.82) is 0 Å². The maximum Gasteiger partial charge on any atom is 0.227 e. The van der Waals surface area contributed by atoms with E-state index in [1.54, 1.807) is 6.92 Å². The second-order valence-electron chi connectivity index (χ2n) is 7.89. The van der Waals surface area contributed by atoms with Gasteiger partial charge in [0.05, 0.1) is 11.6 Å². The molecule has 1 aromatic carbocycles. The van der Waals surface area contributed by atoms with Gasteiger partial charge in [-0.1, -0.05) is 11.6 Å². The number of amidine groups is 1. The van der Waals surface area contributed by atoms with Crippen LogP contribution in [0.4, 0.5) is 0 Å². The van der Waals surface area contributed by atoms with Gasteiger partial charge in [0, 0.05) is 23.2 Å². The third kappa shape index (κ3) is 4.54. The van der Waals surface area contributed by atoms with Gasteiger partial charge < -0.3 is 20.8 Å². The molecular formula is C22H30N6O2. The van der Waals surface area contributed by atoms with E-state index in [-0.39, 0.29) is 11.9 Å². The summed E-state index contributed by atoms with van der Waals surface area (Å²) in [6.45, 7) is 7.68. The standard InChI is InChI=1S/C22H30N6O2/c1-13-7-8-18-17(10-13)14(2)21(30-18)20(26-16-6-5-9-28(4)11-16)19(15(3)23)22(24)27-25-12-29/h7-8,10,12,16H,5-6,9,11,23H2,1-4H3,(H2,24,27)(H,25,29). The smallest absolute Gasteiger partial charge is 0.227 e. The molecule has 2 aromatic rings. The number of hydrogen-bond donors (Lipinski definition) is 3. The molecule has 5 N–H and O–H groups in total. The van der Waals surface area contributed by atoms with E-state index in [2.05, 4.69) is 28.5 Å². The van der Waals surface area contributed by atoms with Crippen molar-refractivity contribution in [2.75, 3.05) is 20.1 Å². The zero-order valence-corrected chi connectivity index (χ0v) is 18.0. The van der Waals surface area contributed by atoms with E-state index < -0.39 is 0 Å². The number of nitrogens with one attached hydrogen (secondary N) is 1. The maximum absolute atomic E-state index is 10.7.